The molecular formula is C9H19N5O. The third kappa shape index (κ3) is 4.35. The second kappa shape index (κ2) is 5.18. The Balaban J connectivity index is 2.50. The van der Waals surface area contributed by atoms with Crippen LogP contribution in [0.2, 0.25) is 0 Å². The van der Waals surface area contributed by atoms with Crippen LogP contribution in [0.25, 0.3) is 0 Å². The molecule has 0 aliphatic carbocycles. The van der Waals surface area contributed by atoms with Crippen molar-refractivity contribution in [2.45, 2.75) is 39.4 Å². The first-order valence-electron chi connectivity index (χ1n) is 5.02. The number of hydrogen-bond donors (Lipinski definition) is 1. The van der Waals surface area contributed by atoms with Crippen LogP contribution >= 0.6 is 0 Å². The summed E-state index contributed by atoms with van der Waals surface area (Å²) in [6.07, 6.45) is 0. The summed E-state index contributed by atoms with van der Waals surface area (Å²) in [6, 6.07) is 0. The molecule has 0 saturated heterocycles. The summed E-state index contributed by atoms with van der Waals surface area (Å²) in [5, 5.41) is 14.8. The molecule has 0 spiro atoms. The van der Waals surface area contributed by atoms with Crippen molar-refractivity contribution in [3.63, 3.8) is 0 Å². The van der Waals surface area contributed by atoms with E-state index in [0.717, 1.165) is 5.82 Å². The van der Waals surface area contributed by atoms with E-state index in [1.54, 1.807) is 11.8 Å². The van der Waals surface area contributed by atoms with Crippen molar-refractivity contribution in [3.8, 4) is 0 Å². The van der Waals surface area contributed by atoms with Gasteiger partial charge in [-0.1, -0.05) is 0 Å². The average Bonchev–Trinajstić information content (AvgIpc) is 2.57. The number of methoxy groups -OCH3 is 1. The van der Waals surface area contributed by atoms with Crippen molar-refractivity contribution in [3.05, 3.63) is 5.82 Å². The Morgan fingerprint density at radius 2 is 2.13 bits per heavy atom. The van der Waals surface area contributed by atoms with Crippen molar-refractivity contribution in [2.24, 2.45) is 0 Å². The molecule has 6 nitrogen and oxygen atoms in total. The van der Waals surface area contributed by atoms with Crippen LogP contribution in [-0.2, 0) is 17.8 Å². The molecule has 1 aromatic rings. The van der Waals surface area contributed by atoms with Gasteiger partial charge >= 0.3 is 0 Å². The number of nitrogens with zero attached hydrogens (tertiary/aromatic N) is 4. The minimum atomic E-state index is 0.0675. The highest BCUT2D eigenvalue weighted by Gasteiger charge is 2.12. The highest BCUT2D eigenvalue weighted by Crippen LogP contribution is 2.01. The third-order valence-electron chi connectivity index (χ3n) is 1.89. The molecule has 0 atom stereocenters. The summed E-state index contributed by atoms with van der Waals surface area (Å²) in [6.45, 7) is 8.29. The second-order valence-corrected chi connectivity index (χ2v) is 4.41. The molecule has 0 aliphatic rings. The number of rotatable bonds is 5. The maximum absolute atomic E-state index is 4.98. The van der Waals surface area contributed by atoms with E-state index in [-0.39, 0.29) is 5.54 Å². The molecule has 86 valence electrons. The Hall–Kier alpha value is -1.01. The Bertz CT molecular complexity index is 291. The number of aromatic nitrogens is 4. The van der Waals surface area contributed by atoms with Gasteiger partial charge in [0.15, 0.2) is 5.82 Å². The first-order valence-corrected chi connectivity index (χ1v) is 5.02. The Morgan fingerprint density at radius 1 is 1.40 bits per heavy atom. The second-order valence-electron chi connectivity index (χ2n) is 4.41. The predicted octanol–water partition coefficient (Wildman–Crippen LogP) is 0.208. The summed E-state index contributed by atoms with van der Waals surface area (Å²) in [4.78, 5) is 0. The van der Waals surface area contributed by atoms with Gasteiger partial charge in [-0.05, 0) is 31.2 Å². The average molecular weight is 213 g/mol. The van der Waals surface area contributed by atoms with Gasteiger partial charge in [0, 0.05) is 12.6 Å². The molecule has 0 radical (unpaired) electrons. The number of tetrazole rings is 1. The van der Waals surface area contributed by atoms with E-state index in [1.165, 1.54) is 0 Å². The molecule has 1 heterocycles. The van der Waals surface area contributed by atoms with Crippen LogP contribution in [0, 0.1) is 0 Å². The maximum Gasteiger partial charge on any atom is 0.165 e. The molecule has 6 heteroatoms. The lowest BCUT2D eigenvalue weighted by Gasteiger charge is -2.19. The Labute approximate surface area is 90.0 Å². The van der Waals surface area contributed by atoms with E-state index in [9.17, 15) is 0 Å². The molecule has 0 unspecified atom stereocenters. The van der Waals surface area contributed by atoms with Crippen LogP contribution < -0.4 is 5.32 Å². The maximum atomic E-state index is 4.98. The van der Waals surface area contributed by atoms with Gasteiger partial charge in [-0.25, -0.2) is 4.68 Å². The van der Waals surface area contributed by atoms with Crippen LogP contribution in [0.1, 0.15) is 26.6 Å². The Kier molecular flexibility index (Phi) is 4.16. The van der Waals surface area contributed by atoms with Crippen LogP contribution in [0.15, 0.2) is 0 Å². The van der Waals surface area contributed by atoms with Gasteiger partial charge in [-0.15, -0.1) is 5.10 Å². The molecule has 1 rings (SSSR count). The van der Waals surface area contributed by atoms with E-state index >= 15 is 0 Å². The van der Waals surface area contributed by atoms with Crippen LogP contribution in [0.5, 0.6) is 0 Å². The monoisotopic (exact) mass is 213 g/mol. The van der Waals surface area contributed by atoms with Gasteiger partial charge in [0.2, 0.25) is 0 Å². The van der Waals surface area contributed by atoms with Crippen molar-refractivity contribution in [1.82, 2.24) is 25.5 Å². The molecule has 1 aromatic heterocycles. The SMILES string of the molecule is COCCn1nnnc1CNC(C)(C)C. The minimum absolute atomic E-state index is 0.0675. The fourth-order valence-corrected chi connectivity index (χ4v) is 1.05. The predicted molar refractivity (Wildman–Crippen MR) is 56.3 cm³/mol. The number of nitrogens with one attached hydrogen (secondary N) is 1. The lowest BCUT2D eigenvalue weighted by Crippen LogP contribution is -2.36. The van der Waals surface area contributed by atoms with Gasteiger partial charge in [0.05, 0.1) is 19.7 Å². The zero-order valence-corrected chi connectivity index (χ0v) is 9.82. The summed E-state index contributed by atoms with van der Waals surface area (Å²) in [5.41, 5.74) is 0.0675. The van der Waals surface area contributed by atoms with Gasteiger partial charge in [-0.3, -0.25) is 0 Å². The molecule has 0 saturated carbocycles. The highest BCUT2D eigenvalue weighted by molar-refractivity contribution is 4.83. The number of ether oxygens (including phenoxy) is 1. The standard InChI is InChI=1S/C9H19N5O/c1-9(2,3)10-7-8-11-12-13-14(8)5-6-15-4/h10H,5-7H2,1-4H3. The van der Waals surface area contributed by atoms with Crippen LogP contribution in [-0.4, -0.2) is 39.5 Å². The Morgan fingerprint density at radius 3 is 2.73 bits per heavy atom. The molecule has 1 N–H and O–H groups in total. The third-order valence-corrected chi connectivity index (χ3v) is 1.89. The quantitative estimate of drug-likeness (QED) is 0.757. The zero-order valence-electron chi connectivity index (χ0n) is 9.82. The van der Waals surface area contributed by atoms with E-state index in [0.29, 0.717) is 19.7 Å². The molecule has 0 fully saturated rings. The topological polar surface area (TPSA) is 64.9 Å². The smallest absolute Gasteiger partial charge is 0.165 e. The summed E-state index contributed by atoms with van der Waals surface area (Å²) in [5.74, 6) is 0.835. The molecule has 15 heavy (non-hydrogen) atoms. The largest absolute Gasteiger partial charge is 0.383 e. The number of hydrogen-bond acceptors (Lipinski definition) is 5. The molecule has 0 aromatic carbocycles. The fraction of sp³-hybridized carbons (Fsp3) is 0.889. The molecular weight excluding hydrogens is 194 g/mol. The first-order chi connectivity index (χ1) is 7.03. The summed E-state index contributed by atoms with van der Waals surface area (Å²) in [7, 11) is 1.66. The van der Waals surface area contributed by atoms with Crippen molar-refractivity contribution in [2.75, 3.05) is 13.7 Å². The van der Waals surface area contributed by atoms with Gasteiger partial charge < -0.3 is 10.1 Å². The van der Waals surface area contributed by atoms with Gasteiger partial charge in [0.25, 0.3) is 0 Å². The van der Waals surface area contributed by atoms with Crippen LogP contribution in [0.3, 0.4) is 0 Å². The van der Waals surface area contributed by atoms with E-state index in [2.05, 4.69) is 41.6 Å². The first kappa shape index (κ1) is 12.1. The fourth-order valence-electron chi connectivity index (χ4n) is 1.05. The van der Waals surface area contributed by atoms with E-state index < -0.39 is 0 Å². The van der Waals surface area contributed by atoms with Gasteiger partial charge in [0.1, 0.15) is 0 Å². The van der Waals surface area contributed by atoms with Crippen molar-refractivity contribution < 1.29 is 4.74 Å². The van der Waals surface area contributed by atoms with Crippen molar-refractivity contribution in [1.29, 1.82) is 0 Å². The van der Waals surface area contributed by atoms with Crippen LogP contribution in [0.4, 0.5) is 0 Å². The molecule has 0 amide bonds. The van der Waals surface area contributed by atoms with Crippen molar-refractivity contribution >= 4 is 0 Å². The summed E-state index contributed by atoms with van der Waals surface area (Å²) < 4.78 is 6.73. The lowest BCUT2D eigenvalue weighted by atomic mass is 10.1. The zero-order chi connectivity index (χ0) is 11.3. The lowest BCUT2D eigenvalue weighted by molar-refractivity contribution is 0.181. The van der Waals surface area contributed by atoms with E-state index in [4.69, 9.17) is 4.74 Å². The van der Waals surface area contributed by atoms with Gasteiger partial charge in [-0.2, -0.15) is 0 Å². The highest BCUT2D eigenvalue weighted by atomic mass is 16.5. The van der Waals surface area contributed by atoms with E-state index in [1.807, 2.05) is 0 Å². The minimum Gasteiger partial charge on any atom is -0.383 e. The summed E-state index contributed by atoms with van der Waals surface area (Å²) >= 11 is 0. The molecule has 0 bridgehead atoms. The molecule has 0 aliphatic heterocycles. The normalized spacial score (nSPS) is 12.0.